The van der Waals surface area contributed by atoms with Gasteiger partial charge >= 0.3 is 0 Å². The molecule has 1 saturated heterocycles. The van der Waals surface area contributed by atoms with Crippen LogP contribution in [0.5, 0.6) is 0 Å². The van der Waals surface area contributed by atoms with E-state index in [2.05, 4.69) is 29.5 Å². The average molecular weight is 537 g/mol. The van der Waals surface area contributed by atoms with Crippen molar-refractivity contribution in [2.75, 3.05) is 56.6 Å². The Balaban J connectivity index is 0.00000676. The van der Waals surface area contributed by atoms with E-state index in [-0.39, 0.29) is 35.8 Å². The Bertz CT molecular complexity index is 512. The molecule has 27 heavy (non-hydrogen) atoms. The van der Waals surface area contributed by atoms with Crippen LogP contribution in [0.3, 0.4) is 0 Å². The summed E-state index contributed by atoms with van der Waals surface area (Å²) in [7, 11) is -3.19. The van der Waals surface area contributed by atoms with Crippen molar-refractivity contribution < 1.29 is 13.2 Å². The van der Waals surface area contributed by atoms with E-state index in [9.17, 15) is 8.42 Å². The van der Waals surface area contributed by atoms with Gasteiger partial charge in [0, 0.05) is 50.8 Å². The van der Waals surface area contributed by atoms with Gasteiger partial charge in [-0.05, 0) is 26.2 Å². The highest BCUT2D eigenvalue weighted by molar-refractivity contribution is 14.0. The maximum absolute atomic E-state index is 12.4. The van der Waals surface area contributed by atoms with Gasteiger partial charge in [0.15, 0.2) is 5.96 Å². The number of hydrogen-bond acceptors (Lipinski definition) is 5. The Morgan fingerprint density at radius 3 is 2.44 bits per heavy atom. The second-order valence-electron chi connectivity index (χ2n) is 6.54. The monoisotopic (exact) mass is 536 g/mol. The highest BCUT2D eigenvalue weighted by Crippen LogP contribution is 2.13. The van der Waals surface area contributed by atoms with Crippen molar-refractivity contribution in [2.45, 2.75) is 40.2 Å². The number of hydrogen-bond donors (Lipinski definition) is 2. The van der Waals surface area contributed by atoms with Gasteiger partial charge in [-0.15, -0.1) is 24.0 Å². The quantitative estimate of drug-likeness (QED) is 0.239. The summed E-state index contributed by atoms with van der Waals surface area (Å²) < 4.78 is 32.1. The molecule has 0 aliphatic carbocycles. The topological polar surface area (TPSA) is 83.0 Å². The third-order valence-electron chi connectivity index (χ3n) is 4.17. The lowest BCUT2D eigenvalue weighted by molar-refractivity contribution is 0.0266. The van der Waals surface area contributed by atoms with Crippen LogP contribution >= 0.6 is 35.7 Å². The van der Waals surface area contributed by atoms with E-state index in [4.69, 9.17) is 4.74 Å². The van der Waals surface area contributed by atoms with Crippen LogP contribution in [0, 0.1) is 5.92 Å². The van der Waals surface area contributed by atoms with Gasteiger partial charge in [-0.1, -0.05) is 13.8 Å². The molecule has 1 heterocycles. The molecule has 1 unspecified atom stereocenters. The van der Waals surface area contributed by atoms with Gasteiger partial charge < -0.3 is 15.4 Å². The summed E-state index contributed by atoms with van der Waals surface area (Å²) in [5.41, 5.74) is 0. The summed E-state index contributed by atoms with van der Waals surface area (Å²) in [5, 5.41) is 6.31. The van der Waals surface area contributed by atoms with E-state index in [0.29, 0.717) is 44.7 Å². The molecule has 1 atom stereocenters. The summed E-state index contributed by atoms with van der Waals surface area (Å²) in [4.78, 5) is 4.55. The van der Waals surface area contributed by atoms with Crippen molar-refractivity contribution in [2.24, 2.45) is 10.9 Å². The number of ether oxygens (including phenoxy) is 1. The van der Waals surface area contributed by atoms with Gasteiger partial charge in [-0.25, -0.2) is 12.7 Å². The number of rotatable bonds is 11. The highest BCUT2D eigenvalue weighted by atomic mass is 127. The predicted molar refractivity (Wildman–Crippen MR) is 127 cm³/mol. The summed E-state index contributed by atoms with van der Waals surface area (Å²) in [6, 6.07) is 0. The molecule has 0 spiro atoms. The lowest BCUT2D eigenvalue weighted by atomic mass is 10.0. The van der Waals surface area contributed by atoms with E-state index in [1.165, 1.54) is 0 Å². The lowest BCUT2D eigenvalue weighted by Gasteiger charge is -2.25. The van der Waals surface area contributed by atoms with Gasteiger partial charge in [0.25, 0.3) is 0 Å². The summed E-state index contributed by atoms with van der Waals surface area (Å²) in [5.74, 6) is 2.97. The first kappa shape index (κ1) is 27.2. The second-order valence-corrected chi connectivity index (χ2v) is 9.85. The minimum atomic E-state index is -3.19. The first-order valence-corrected chi connectivity index (χ1v) is 12.4. The fraction of sp³-hybridized carbons (Fsp3) is 0.941. The molecular formula is C17H37IN4O3S2. The largest absolute Gasteiger partial charge is 0.378 e. The molecule has 0 radical (unpaired) electrons. The van der Waals surface area contributed by atoms with Gasteiger partial charge in [-0.3, -0.25) is 4.99 Å². The zero-order chi connectivity index (χ0) is 19.4. The maximum atomic E-state index is 12.4. The van der Waals surface area contributed by atoms with Crippen LogP contribution in [0.1, 0.15) is 34.1 Å². The minimum Gasteiger partial charge on any atom is -0.378 e. The van der Waals surface area contributed by atoms with E-state index >= 15 is 0 Å². The zero-order valence-corrected chi connectivity index (χ0v) is 21.0. The third-order valence-corrected chi connectivity index (χ3v) is 6.98. The minimum absolute atomic E-state index is 0. The fourth-order valence-electron chi connectivity index (χ4n) is 2.72. The van der Waals surface area contributed by atoms with Crippen LogP contribution in [-0.2, 0) is 14.8 Å². The second kappa shape index (κ2) is 15.1. The van der Waals surface area contributed by atoms with Crippen LogP contribution < -0.4 is 10.6 Å². The van der Waals surface area contributed by atoms with Crippen LogP contribution in [-0.4, -0.2) is 81.4 Å². The van der Waals surface area contributed by atoms with Gasteiger partial charge in [-0.2, -0.15) is 11.8 Å². The molecule has 10 heteroatoms. The number of nitrogens with zero attached hydrogens (tertiary/aromatic N) is 2. The molecule has 0 aromatic heterocycles. The van der Waals surface area contributed by atoms with Crippen LogP contribution in [0.2, 0.25) is 0 Å². The molecule has 1 aliphatic heterocycles. The van der Waals surface area contributed by atoms with Gasteiger partial charge in [0.05, 0.1) is 11.9 Å². The van der Waals surface area contributed by atoms with Crippen molar-refractivity contribution in [3.8, 4) is 0 Å². The summed E-state index contributed by atoms with van der Waals surface area (Å²) >= 11 is 1.81. The van der Waals surface area contributed by atoms with E-state index in [1.807, 2.05) is 13.8 Å². The molecule has 1 aliphatic rings. The molecule has 0 aromatic rings. The SMILES string of the molecule is CCNC(=NCCC(OCC)C(C)C)NCCS(=O)(=O)N1CCSCC1.I. The number of thioether (sulfide) groups is 1. The Labute approximate surface area is 186 Å². The molecular weight excluding hydrogens is 499 g/mol. The highest BCUT2D eigenvalue weighted by Gasteiger charge is 2.23. The molecule has 162 valence electrons. The van der Waals surface area contributed by atoms with Crippen LogP contribution in [0.25, 0.3) is 0 Å². The number of guanidine groups is 1. The maximum Gasteiger partial charge on any atom is 0.215 e. The number of sulfonamides is 1. The average Bonchev–Trinajstić information content (AvgIpc) is 2.61. The lowest BCUT2D eigenvalue weighted by Crippen LogP contribution is -2.44. The van der Waals surface area contributed by atoms with Crippen LogP contribution in [0.15, 0.2) is 4.99 Å². The van der Waals surface area contributed by atoms with Crippen LogP contribution in [0.4, 0.5) is 0 Å². The van der Waals surface area contributed by atoms with E-state index < -0.39 is 10.0 Å². The molecule has 0 saturated carbocycles. The zero-order valence-electron chi connectivity index (χ0n) is 17.1. The van der Waals surface area contributed by atoms with Crippen molar-refractivity contribution >= 4 is 51.7 Å². The predicted octanol–water partition coefficient (Wildman–Crippen LogP) is 1.99. The van der Waals surface area contributed by atoms with Crippen molar-refractivity contribution in [3.63, 3.8) is 0 Å². The summed E-state index contributed by atoms with van der Waals surface area (Å²) in [6.07, 6.45) is 1.05. The molecule has 0 amide bonds. The molecule has 1 rings (SSSR count). The third kappa shape index (κ3) is 11.1. The normalized spacial score (nSPS) is 17.4. The van der Waals surface area contributed by atoms with E-state index in [0.717, 1.165) is 24.5 Å². The Morgan fingerprint density at radius 2 is 1.89 bits per heavy atom. The number of nitrogens with one attached hydrogen (secondary N) is 2. The standard InChI is InChI=1S/C17H36N4O3S2.HI/c1-5-18-17(19-8-7-16(15(3)4)24-6-2)20-9-14-26(22,23)21-10-12-25-13-11-21;/h15-16H,5-14H2,1-4H3,(H2,18,19,20);1H. The van der Waals surface area contributed by atoms with Gasteiger partial charge in [0.1, 0.15) is 0 Å². The Hall–Kier alpha value is 0.220. The molecule has 1 fully saturated rings. The first-order valence-electron chi connectivity index (χ1n) is 9.60. The Morgan fingerprint density at radius 1 is 1.22 bits per heavy atom. The number of halogens is 1. The van der Waals surface area contributed by atoms with Crippen molar-refractivity contribution in [1.82, 2.24) is 14.9 Å². The fourth-order valence-corrected chi connectivity index (χ4v) is 5.21. The summed E-state index contributed by atoms with van der Waals surface area (Å²) in [6.45, 7) is 12.0. The molecule has 7 nitrogen and oxygen atoms in total. The molecule has 2 N–H and O–H groups in total. The molecule has 0 bridgehead atoms. The first-order chi connectivity index (χ1) is 12.4. The molecule has 0 aromatic carbocycles. The van der Waals surface area contributed by atoms with E-state index in [1.54, 1.807) is 16.1 Å². The van der Waals surface area contributed by atoms with Crippen molar-refractivity contribution in [3.05, 3.63) is 0 Å². The van der Waals surface area contributed by atoms with Crippen molar-refractivity contribution in [1.29, 1.82) is 0 Å². The Kier molecular flexibility index (Phi) is 15.2. The smallest absolute Gasteiger partial charge is 0.215 e. The number of aliphatic imine (C=N–C) groups is 1. The van der Waals surface area contributed by atoms with Gasteiger partial charge in [0.2, 0.25) is 10.0 Å².